The van der Waals surface area contributed by atoms with Crippen LogP contribution in [0.1, 0.15) is 0 Å². The maximum Gasteiger partial charge on any atom is 0.127 e. The Labute approximate surface area is 103 Å². The van der Waals surface area contributed by atoms with Gasteiger partial charge in [0.05, 0.1) is 5.69 Å². The van der Waals surface area contributed by atoms with Crippen LogP contribution in [-0.2, 0) is 0 Å². The molecule has 0 aliphatic heterocycles. The largest absolute Gasteiger partial charge is 0.373 e. The van der Waals surface area contributed by atoms with Crippen LogP contribution >= 0.6 is 15.9 Å². The molecule has 0 bridgehead atoms. The summed E-state index contributed by atoms with van der Waals surface area (Å²) in [5, 5.41) is 6.32. The third-order valence-electron chi connectivity index (χ3n) is 2.17. The van der Waals surface area contributed by atoms with Gasteiger partial charge in [-0.2, -0.15) is 0 Å². The average molecular weight is 278 g/mol. The van der Waals surface area contributed by atoms with Gasteiger partial charge < -0.3 is 10.6 Å². The molecule has 3 nitrogen and oxygen atoms in total. The van der Waals surface area contributed by atoms with Crippen LogP contribution in [0.2, 0.25) is 0 Å². The highest BCUT2D eigenvalue weighted by atomic mass is 79.9. The lowest BCUT2D eigenvalue weighted by Crippen LogP contribution is -1.95. The highest BCUT2D eigenvalue weighted by Crippen LogP contribution is 2.25. The Morgan fingerprint density at radius 1 is 1.19 bits per heavy atom. The molecule has 2 rings (SSSR count). The minimum Gasteiger partial charge on any atom is -0.373 e. The molecule has 0 amide bonds. The first-order chi connectivity index (χ1) is 7.79. The van der Waals surface area contributed by atoms with Crippen molar-refractivity contribution in [3.63, 3.8) is 0 Å². The van der Waals surface area contributed by atoms with E-state index < -0.39 is 0 Å². The molecule has 1 heterocycles. The third kappa shape index (κ3) is 2.52. The molecule has 0 saturated carbocycles. The number of nitrogens with zero attached hydrogens (tertiary/aromatic N) is 1. The molecule has 0 atom stereocenters. The van der Waals surface area contributed by atoms with Gasteiger partial charge in [0, 0.05) is 29.5 Å². The summed E-state index contributed by atoms with van der Waals surface area (Å²) in [6, 6.07) is 11.9. The number of nitrogens with one attached hydrogen (secondary N) is 2. The van der Waals surface area contributed by atoms with E-state index in [1.165, 1.54) is 0 Å². The third-order valence-corrected chi connectivity index (χ3v) is 2.86. The van der Waals surface area contributed by atoms with E-state index in [-0.39, 0.29) is 0 Å². The number of para-hydroxylation sites is 1. The molecular formula is C12H12BrN3. The average Bonchev–Trinajstić information content (AvgIpc) is 2.32. The second-order valence-corrected chi connectivity index (χ2v) is 4.14. The minimum absolute atomic E-state index is 0.844. The summed E-state index contributed by atoms with van der Waals surface area (Å²) in [6.07, 6.45) is 1.77. The smallest absolute Gasteiger partial charge is 0.127 e. The van der Waals surface area contributed by atoms with Gasteiger partial charge in [-0.3, -0.25) is 0 Å². The molecule has 0 fully saturated rings. The van der Waals surface area contributed by atoms with E-state index in [1.807, 2.05) is 43.4 Å². The summed E-state index contributed by atoms with van der Waals surface area (Å²) >= 11 is 3.50. The summed E-state index contributed by atoms with van der Waals surface area (Å²) in [6.45, 7) is 0. The van der Waals surface area contributed by atoms with Crippen LogP contribution in [0.5, 0.6) is 0 Å². The van der Waals surface area contributed by atoms with E-state index >= 15 is 0 Å². The number of halogens is 1. The van der Waals surface area contributed by atoms with Crippen LogP contribution in [0.4, 0.5) is 17.2 Å². The molecule has 2 N–H and O–H groups in total. The molecule has 2 aromatic rings. The number of benzene rings is 1. The monoisotopic (exact) mass is 277 g/mol. The summed E-state index contributed by atoms with van der Waals surface area (Å²) in [5.41, 5.74) is 2.04. The first-order valence-corrected chi connectivity index (χ1v) is 5.74. The van der Waals surface area contributed by atoms with E-state index in [9.17, 15) is 0 Å². The molecular weight excluding hydrogens is 266 g/mol. The summed E-state index contributed by atoms with van der Waals surface area (Å²) in [4.78, 5) is 4.16. The molecule has 0 spiro atoms. The summed E-state index contributed by atoms with van der Waals surface area (Å²) in [7, 11) is 1.85. The van der Waals surface area contributed by atoms with Gasteiger partial charge in [0.15, 0.2) is 0 Å². The van der Waals surface area contributed by atoms with E-state index in [0.717, 1.165) is 21.7 Å². The minimum atomic E-state index is 0.844. The zero-order valence-electron chi connectivity index (χ0n) is 8.87. The number of hydrogen-bond donors (Lipinski definition) is 2. The standard InChI is InChI=1S/C12H12BrN3/c1-14-12-8-9(6-7-15-12)16-11-5-3-2-4-10(11)13/h2-8H,1H3,(H2,14,15,16). The van der Waals surface area contributed by atoms with Gasteiger partial charge in [0.1, 0.15) is 5.82 Å². The zero-order valence-corrected chi connectivity index (χ0v) is 10.5. The van der Waals surface area contributed by atoms with Gasteiger partial charge in [-0.25, -0.2) is 4.98 Å². The van der Waals surface area contributed by atoms with Crippen LogP contribution in [0.25, 0.3) is 0 Å². The molecule has 0 aliphatic rings. The molecule has 1 aromatic heterocycles. The number of hydrogen-bond acceptors (Lipinski definition) is 3. The van der Waals surface area contributed by atoms with E-state index in [1.54, 1.807) is 6.20 Å². The Balaban J connectivity index is 2.24. The predicted molar refractivity (Wildman–Crippen MR) is 71.2 cm³/mol. The Hall–Kier alpha value is -1.55. The molecule has 0 saturated heterocycles. The SMILES string of the molecule is CNc1cc(Nc2ccccc2Br)ccn1. The number of aromatic nitrogens is 1. The van der Waals surface area contributed by atoms with Gasteiger partial charge in [0.2, 0.25) is 0 Å². The quantitative estimate of drug-likeness (QED) is 0.900. The highest BCUT2D eigenvalue weighted by Gasteiger charge is 1.99. The number of anilines is 3. The highest BCUT2D eigenvalue weighted by molar-refractivity contribution is 9.10. The fourth-order valence-corrected chi connectivity index (χ4v) is 1.75. The number of rotatable bonds is 3. The Morgan fingerprint density at radius 2 is 2.00 bits per heavy atom. The van der Waals surface area contributed by atoms with Crippen molar-refractivity contribution in [2.75, 3.05) is 17.7 Å². The fourth-order valence-electron chi connectivity index (χ4n) is 1.36. The fraction of sp³-hybridized carbons (Fsp3) is 0.0833. The van der Waals surface area contributed by atoms with Crippen molar-refractivity contribution >= 4 is 33.1 Å². The second kappa shape index (κ2) is 4.99. The van der Waals surface area contributed by atoms with Crippen molar-refractivity contribution in [1.29, 1.82) is 0 Å². The van der Waals surface area contributed by atoms with Crippen LogP contribution in [0.15, 0.2) is 47.1 Å². The van der Waals surface area contributed by atoms with Gasteiger partial charge in [0.25, 0.3) is 0 Å². The molecule has 4 heteroatoms. The lowest BCUT2D eigenvalue weighted by Gasteiger charge is -2.09. The summed E-state index contributed by atoms with van der Waals surface area (Å²) in [5.74, 6) is 0.844. The van der Waals surface area contributed by atoms with Crippen LogP contribution in [0.3, 0.4) is 0 Å². The Morgan fingerprint density at radius 3 is 2.75 bits per heavy atom. The van der Waals surface area contributed by atoms with Crippen molar-refractivity contribution in [2.24, 2.45) is 0 Å². The van der Waals surface area contributed by atoms with Gasteiger partial charge in [-0.05, 0) is 34.1 Å². The van der Waals surface area contributed by atoms with Gasteiger partial charge in [-0.1, -0.05) is 12.1 Å². The van der Waals surface area contributed by atoms with Crippen LogP contribution in [0, 0.1) is 0 Å². The van der Waals surface area contributed by atoms with Crippen molar-refractivity contribution in [2.45, 2.75) is 0 Å². The number of pyridine rings is 1. The zero-order chi connectivity index (χ0) is 11.4. The van der Waals surface area contributed by atoms with Crippen molar-refractivity contribution in [3.05, 3.63) is 47.1 Å². The summed E-state index contributed by atoms with van der Waals surface area (Å²) < 4.78 is 1.04. The van der Waals surface area contributed by atoms with Crippen LogP contribution < -0.4 is 10.6 Å². The first kappa shape index (κ1) is 11.0. The first-order valence-electron chi connectivity index (χ1n) is 4.95. The molecule has 16 heavy (non-hydrogen) atoms. The van der Waals surface area contributed by atoms with E-state index in [0.29, 0.717) is 0 Å². The molecule has 0 aliphatic carbocycles. The molecule has 0 unspecified atom stereocenters. The van der Waals surface area contributed by atoms with E-state index in [4.69, 9.17) is 0 Å². The lowest BCUT2D eigenvalue weighted by atomic mass is 10.3. The Kier molecular flexibility index (Phi) is 3.41. The molecule has 82 valence electrons. The maximum atomic E-state index is 4.16. The maximum absolute atomic E-state index is 4.16. The van der Waals surface area contributed by atoms with E-state index in [2.05, 4.69) is 31.5 Å². The molecule has 0 radical (unpaired) electrons. The topological polar surface area (TPSA) is 37.0 Å². The normalized spacial score (nSPS) is 9.88. The second-order valence-electron chi connectivity index (χ2n) is 3.28. The Bertz CT molecular complexity index is 485. The predicted octanol–water partition coefficient (Wildman–Crippen LogP) is 3.63. The molecule has 1 aromatic carbocycles. The van der Waals surface area contributed by atoms with Crippen molar-refractivity contribution < 1.29 is 0 Å². The van der Waals surface area contributed by atoms with Crippen molar-refractivity contribution in [1.82, 2.24) is 4.98 Å². The lowest BCUT2D eigenvalue weighted by molar-refractivity contribution is 1.28. The van der Waals surface area contributed by atoms with Crippen molar-refractivity contribution in [3.8, 4) is 0 Å². The van der Waals surface area contributed by atoms with Gasteiger partial charge >= 0.3 is 0 Å². The van der Waals surface area contributed by atoms with Crippen LogP contribution in [-0.4, -0.2) is 12.0 Å². The van der Waals surface area contributed by atoms with Gasteiger partial charge in [-0.15, -0.1) is 0 Å².